The maximum absolute atomic E-state index is 6.05. The average Bonchev–Trinajstić information content (AvgIpc) is 3.12. The summed E-state index contributed by atoms with van der Waals surface area (Å²) in [6.07, 6.45) is 2.91. The first-order valence-corrected chi connectivity index (χ1v) is 8.56. The van der Waals surface area contributed by atoms with E-state index in [1.165, 1.54) is 17.7 Å². The molecule has 0 bridgehead atoms. The van der Waals surface area contributed by atoms with Crippen LogP contribution in [0.2, 0.25) is 4.34 Å². The molecule has 4 rings (SSSR count). The van der Waals surface area contributed by atoms with Crippen LogP contribution in [0.25, 0.3) is 0 Å². The van der Waals surface area contributed by atoms with Crippen LogP contribution in [0, 0.1) is 0 Å². The largest absolute Gasteiger partial charge is 0.317 e. The van der Waals surface area contributed by atoms with Crippen LogP contribution in [0.1, 0.15) is 12.0 Å². The van der Waals surface area contributed by atoms with Crippen LogP contribution < -0.4 is 10.2 Å². The smallest absolute Gasteiger partial charge is 0.191 e. The second-order valence-electron chi connectivity index (χ2n) is 5.40. The maximum Gasteiger partial charge on any atom is 0.191 e. The van der Waals surface area contributed by atoms with Crippen LogP contribution in [0.5, 0.6) is 0 Å². The van der Waals surface area contributed by atoms with Gasteiger partial charge < -0.3 is 10.2 Å². The molecule has 20 heavy (non-hydrogen) atoms. The molecule has 0 saturated carbocycles. The van der Waals surface area contributed by atoms with Crippen LogP contribution in [0.3, 0.4) is 0 Å². The highest BCUT2D eigenvalue weighted by Gasteiger charge is 2.45. The van der Waals surface area contributed by atoms with E-state index in [1.807, 2.05) is 0 Å². The molecule has 2 aliphatic heterocycles. The number of nitrogens with one attached hydrogen (secondary N) is 1. The van der Waals surface area contributed by atoms with Gasteiger partial charge in [0.05, 0.1) is 6.20 Å². The Labute approximate surface area is 135 Å². The van der Waals surface area contributed by atoms with Gasteiger partial charge in [0.2, 0.25) is 0 Å². The summed E-state index contributed by atoms with van der Waals surface area (Å²) in [7, 11) is 0. The van der Waals surface area contributed by atoms with Gasteiger partial charge in [0.1, 0.15) is 4.34 Å². The highest BCUT2D eigenvalue weighted by atomic mass is 79.9. The second-order valence-corrected chi connectivity index (χ2v) is 7.96. The Bertz CT molecular complexity index is 666. The molecule has 0 amide bonds. The molecule has 6 heteroatoms. The van der Waals surface area contributed by atoms with Gasteiger partial charge in [-0.05, 0) is 36.7 Å². The van der Waals surface area contributed by atoms with E-state index < -0.39 is 0 Å². The molecule has 1 fully saturated rings. The van der Waals surface area contributed by atoms with Gasteiger partial charge in [-0.1, -0.05) is 38.9 Å². The third kappa shape index (κ3) is 1.91. The van der Waals surface area contributed by atoms with E-state index in [0.29, 0.717) is 0 Å². The normalized spacial score (nSPS) is 24.6. The summed E-state index contributed by atoms with van der Waals surface area (Å²) in [5.74, 6) is 0. The Balaban J connectivity index is 1.85. The van der Waals surface area contributed by atoms with Crippen molar-refractivity contribution >= 4 is 49.7 Å². The number of benzene rings is 1. The summed E-state index contributed by atoms with van der Waals surface area (Å²) >= 11 is 11.2. The minimum Gasteiger partial charge on any atom is -0.317 e. The lowest BCUT2D eigenvalue weighted by Gasteiger charge is -2.23. The van der Waals surface area contributed by atoms with E-state index in [2.05, 4.69) is 49.3 Å². The highest BCUT2D eigenvalue weighted by molar-refractivity contribution is 9.10. The zero-order valence-electron chi connectivity index (χ0n) is 10.7. The SMILES string of the molecule is Clc1cnc(N2CC3(CCNC3)c3cc(Br)ccc32)s1. The Morgan fingerprint density at radius 3 is 3.05 bits per heavy atom. The van der Waals surface area contributed by atoms with Crippen molar-refractivity contribution in [2.45, 2.75) is 11.8 Å². The minimum absolute atomic E-state index is 0.206. The first-order chi connectivity index (χ1) is 9.68. The van der Waals surface area contributed by atoms with E-state index >= 15 is 0 Å². The fourth-order valence-electron chi connectivity index (χ4n) is 3.29. The van der Waals surface area contributed by atoms with Crippen molar-refractivity contribution in [3.05, 3.63) is 38.8 Å². The summed E-state index contributed by atoms with van der Waals surface area (Å²) in [6, 6.07) is 6.54. The summed E-state index contributed by atoms with van der Waals surface area (Å²) < 4.78 is 1.88. The van der Waals surface area contributed by atoms with Gasteiger partial charge in [0.25, 0.3) is 0 Å². The standard InChI is InChI=1S/C14H13BrClN3S/c15-9-1-2-11-10(5-9)14(3-4-17-7-14)8-19(11)13-18-6-12(16)20-13/h1-2,5-6,17H,3-4,7-8H2. The van der Waals surface area contributed by atoms with Crippen molar-refractivity contribution in [2.24, 2.45) is 0 Å². The van der Waals surface area contributed by atoms with Crippen molar-refractivity contribution in [2.75, 3.05) is 24.5 Å². The van der Waals surface area contributed by atoms with E-state index in [4.69, 9.17) is 11.6 Å². The number of fused-ring (bicyclic) bond motifs is 2. The Morgan fingerprint density at radius 2 is 2.35 bits per heavy atom. The topological polar surface area (TPSA) is 28.2 Å². The van der Waals surface area contributed by atoms with Crippen molar-refractivity contribution < 1.29 is 0 Å². The second kappa shape index (κ2) is 4.70. The molecule has 1 aromatic carbocycles. The number of anilines is 2. The third-order valence-electron chi connectivity index (χ3n) is 4.22. The van der Waals surface area contributed by atoms with Crippen LogP contribution in [0.15, 0.2) is 28.9 Å². The summed E-state index contributed by atoms with van der Waals surface area (Å²) in [5.41, 5.74) is 2.89. The molecule has 1 saturated heterocycles. The Morgan fingerprint density at radius 1 is 1.45 bits per heavy atom. The molecule has 3 nitrogen and oxygen atoms in total. The number of rotatable bonds is 1. The van der Waals surface area contributed by atoms with Crippen molar-refractivity contribution in [1.29, 1.82) is 0 Å². The Kier molecular flexibility index (Phi) is 3.07. The average molecular weight is 371 g/mol. The lowest BCUT2D eigenvalue weighted by molar-refractivity contribution is 0.509. The van der Waals surface area contributed by atoms with Crippen molar-refractivity contribution in [3.63, 3.8) is 0 Å². The summed E-state index contributed by atoms with van der Waals surface area (Å²) in [5, 5.41) is 4.50. The molecule has 2 aromatic rings. The molecule has 0 aliphatic carbocycles. The lowest BCUT2D eigenvalue weighted by Crippen LogP contribution is -2.33. The molecule has 0 radical (unpaired) electrons. The quantitative estimate of drug-likeness (QED) is 0.824. The molecule has 1 spiro atoms. The molecular weight excluding hydrogens is 358 g/mol. The highest BCUT2D eigenvalue weighted by Crippen LogP contribution is 2.49. The molecule has 1 aromatic heterocycles. The lowest BCUT2D eigenvalue weighted by atomic mass is 9.82. The molecule has 1 unspecified atom stereocenters. The zero-order valence-corrected chi connectivity index (χ0v) is 13.9. The van der Waals surface area contributed by atoms with E-state index in [9.17, 15) is 0 Å². The predicted molar refractivity (Wildman–Crippen MR) is 87.4 cm³/mol. The number of hydrogen-bond donors (Lipinski definition) is 1. The van der Waals surface area contributed by atoms with E-state index in [1.54, 1.807) is 17.5 Å². The first kappa shape index (κ1) is 13.1. The predicted octanol–water partition coefficient (Wildman–Crippen LogP) is 3.94. The van der Waals surface area contributed by atoms with Gasteiger partial charge in [0.15, 0.2) is 5.13 Å². The van der Waals surface area contributed by atoms with Gasteiger partial charge in [-0.2, -0.15) is 0 Å². The monoisotopic (exact) mass is 369 g/mol. The van der Waals surface area contributed by atoms with Gasteiger partial charge in [-0.3, -0.25) is 0 Å². The molecular formula is C14H13BrClN3S. The third-order valence-corrected chi connectivity index (χ3v) is 5.85. The fourth-order valence-corrected chi connectivity index (χ4v) is 4.57. The molecule has 1 N–H and O–H groups in total. The van der Waals surface area contributed by atoms with Crippen molar-refractivity contribution in [3.8, 4) is 0 Å². The van der Waals surface area contributed by atoms with Gasteiger partial charge in [-0.25, -0.2) is 4.98 Å². The number of nitrogens with zero attached hydrogens (tertiary/aromatic N) is 2. The van der Waals surface area contributed by atoms with Crippen LogP contribution >= 0.6 is 38.9 Å². The van der Waals surface area contributed by atoms with Crippen LogP contribution in [-0.4, -0.2) is 24.6 Å². The van der Waals surface area contributed by atoms with E-state index in [0.717, 1.165) is 33.6 Å². The number of aromatic nitrogens is 1. The zero-order chi connectivity index (χ0) is 13.7. The van der Waals surface area contributed by atoms with E-state index in [-0.39, 0.29) is 5.41 Å². The molecule has 3 heterocycles. The number of thiazole rings is 1. The maximum atomic E-state index is 6.05. The first-order valence-electron chi connectivity index (χ1n) is 6.58. The van der Waals surface area contributed by atoms with Crippen LogP contribution in [-0.2, 0) is 5.41 Å². The molecule has 1 atom stereocenters. The summed E-state index contributed by atoms with van der Waals surface area (Å²) in [6.45, 7) is 3.10. The molecule has 2 aliphatic rings. The van der Waals surface area contributed by atoms with Gasteiger partial charge >= 0.3 is 0 Å². The number of halogens is 2. The Hall–Kier alpha value is -0.620. The van der Waals surface area contributed by atoms with Gasteiger partial charge in [-0.15, -0.1) is 0 Å². The number of hydrogen-bond acceptors (Lipinski definition) is 4. The fraction of sp³-hybridized carbons (Fsp3) is 0.357. The minimum atomic E-state index is 0.206. The molecule has 104 valence electrons. The van der Waals surface area contributed by atoms with Crippen molar-refractivity contribution in [1.82, 2.24) is 10.3 Å². The summed E-state index contributed by atoms with van der Waals surface area (Å²) in [4.78, 5) is 6.76. The van der Waals surface area contributed by atoms with Gasteiger partial charge in [0, 0.05) is 28.7 Å². The van der Waals surface area contributed by atoms with Crippen LogP contribution in [0.4, 0.5) is 10.8 Å².